The molecule has 0 unspecified atom stereocenters. The van der Waals surface area contributed by atoms with Crippen LogP contribution in [0.15, 0.2) is 37.1 Å². The van der Waals surface area contributed by atoms with Crippen LogP contribution in [0.25, 0.3) is 0 Å². The first-order chi connectivity index (χ1) is 8.29. The number of rotatable bonds is 3. The molecule has 1 saturated heterocycles. The molecule has 0 aromatic carbocycles. The Morgan fingerprint density at radius 3 is 2.82 bits per heavy atom. The number of pyridine rings is 1. The van der Waals surface area contributed by atoms with Crippen LogP contribution in [-0.4, -0.2) is 28.9 Å². The van der Waals surface area contributed by atoms with Gasteiger partial charge in [-0.1, -0.05) is 12.6 Å². The molecular formula is C14H18N2O. The van der Waals surface area contributed by atoms with E-state index in [0.29, 0.717) is 5.92 Å². The van der Waals surface area contributed by atoms with Crippen molar-refractivity contribution in [3.8, 4) is 0 Å². The highest BCUT2D eigenvalue weighted by Crippen LogP contribution is 2.20. The van der Waals surface area contributed by atoms with Crippen molar-refractivity contribution in [2.75, 3.05) is 13.1 Å². The molecule has 1 fully saturated rings. The summed E-state index contributed by atoms with van der Waals surface area (Å²) in [5.74, 6) is 0.708. The molecular weight excluding hydrogens is 212 g/mol. The van der Waals surface area contributed by atoms with Crippen molar-refractivity contribution in [1.82, 2.24) is 9.88 Å². The number of piperidine rings is 1. The maximum Gasteiger partial charge on any atom is 0.245 e. The summed E-state index contributed by atoms with van der Waals surface area (Å²) in [5, 5.41) is 0. The molecule has 0 spiro atoms. The van der Waals surface area contributed by atoms with Gasteiger partial charge in [-0.05, 0) is 43.4 Å². The van der Waals surface area contributed by atoms with E-state index in [2.05, 4.69) is 17.6 Å². The van der Waals surface area contributed by atoms with Crippen LogP contribution in [0, 0.1) is 5.92 Å². The average molecular weight is 230 g/mol. The fourth-order valence-electron chi connectivity index (χ4n) is 2.30. The van der Waals surface area contributed by atoms with Crippen LogP contribution in [0.5, 0.6) is 0 Å². The van der Waals surface area contributed by atoms with Crippen LogP contribution < -0.4 is 0 Å². The minimum absolute atomic E-state index is 0.0567. The first-order valence-electron chi connectivity index (χ1n) is 6.11. The lowest BCUT2D eigenvalue weighted by atomic mass is 9.92. The van der Waals surface area contributed by atoms with E-state index in [9.17, 15) is 4.79 Å². The van der Waals surface area contributed by atoms with Gasteiger partial charge in [0.05, 0.1) is 0 Å². The highest BCUT2D eigenvalue weighted by atomic mass is 16.2. The minimum Gasteiger partial charge on any atom is -0.339 e. The summed E-state index contributed by atoms with van der Waals surface area (Å²) in [4.78, 5) is 17.7. The molecule has 2 rings (SSSR count). The number of likely N-dealkylation sites (tertiary alicyclic amines) is 1. The first-order valence-corrected chi connectivity index (χ1v) is 6.11. The number of aromatic nitrogens is 1. The second-order valence-corrected chi connectivity index (χ2v) is 4.50. The molecule has 1 aliphatic heterocycles. The van der Waals surface area contributed by atoms with Gasteiger partial charge in [-0.25, -0.2) is 0 Å². The van der Waals surface area contributed by atoms with Crippen LogP contribution in [0.3, 0.4) is 0 Å². The number of carbonyl (C=O) groups excluding carboxylic acids is 1. The Bertz CT molecular complexity index is 380. The van der Waals surface area contributed by atoms with Crippen molar-refractivity contribution in [2.24, 2.45) is 5.92 Å². The highest BCUT2D eigenvalue weighted by Gasteiger charge is 2.21. The predicted molar refractivity (Wildman–Crippen MR) is 67.4 cm³/mol. The van der Waals surface area contributed by atoms with Crippen LogP contribution in [0.4, 0.5) is 0 Å². The minimum atomic E-state index is 0.0567. The lowest BCUT2D eigenvalue weighted by Crippen LogP contribution is -2.37. The van der Waals surface area contributed by atoms with Crippen molar-refractivity contribution in [2.45, 2.75) is 19.3 Å². The van der Waals surface area contributed by atoms with Gasteiger partial charge >= 0.3 is 0 Å². The number of amides is 1. The normalized spacial score (nSPS) is 16.8. The zero-order chi connectivity index (χ0) is 12.1. The van der Waals surface area contributed by atoms with Crippen molar-refractivity contribution in [3.05, 3.63) is 42.7 Å². The Labute approximate surface area is 102 Å². The largest absolute Gasteiger partial charge is 0.339 e. The van der Waals surface area contributed by atoms with Crippen LogP contribution in [0.1, 0.15) is 18.5 Å². The summed E-state index contributed by atoms with van der Waals surface area (Å²) in [6.45, 7) is 5.22. The summed E-state index contributed by atoms with van der Waals surface area (Å²) in [7, 11) is 0. The fourth-order valence-corrected chi connectivity index (χ4v) is 2.30. The van der Waals surface area contributed by atoms with Gasteiger partial charge < -0.3 is 4.90 Å². The van der Waals surface area contributed by atoms with Crippen molar-refractivity contribution >= 4 is 5.91 Å². The Hall–Kier alpha value is -1.64. The summed E-state index contributed by atoms with van der Waals surface area (Å²) < 4.78 is 0. The fraction of sp³-hybridized carbons (Fsp3) is 0.429. The van der Waals surface area contributed by atoms with Gasteiger partial charge in [0.15, 0.2) is 0 Å². The van der Waals surface area contributed by atoms with Gasteiger partial charge in [0, 0.05) is 25.0 Å². The van der Waals surface area contributed by atoms with E-state index in [4.69, 9.17) is 0 Å². The quantitative estimate of drug-likeness (QED) is 0.745. The molecule has 0 aliphatic carbocycles. The van der Waals surface area contributed by atoms with E-state index in [1.54, 1.807) is 0 Å². The van der Waals surface area contributed by atoms with Gasteiger partial charge in [-0.3, -0.25) is 9.78 Å². The second-order valence-electron chi connectivity index (χ2n) is 4.50. The average Bonchev–Trinajstić information content (AvgIpc) is 2.40. The highest BCUT2D eigenvalue weighted by molar-refractivity contribution is 5.87. The summed E-state index contributed by atoms with van der Waals surface area (Å²) >= 11 is 0. The third-order valence-electron chi connectivity index (χ3n) is 3.32. The summed E-state index contributed by atoms with van der Waals surface area (Å²) in [6.07, 6.45) is 6.40. The second kappa shape index (κ2) is 5.62. The van der Waals surface area contributed by atoms with E-state index in [1.165, 1.54) is 6.08 Å². The number of hydrogen-bond donors (Lipinski definition) is 0. The number of hydrogen-bond acceptors (Lipinski definition) is 2. The molecule has 17 heavy (non-hydrogen) atoms. The molecule has 1 aromatic heterocycles. The Morgan fingerprint density at radius 1 is 1.47 bits per heavy atom. The van der Waals surface area contributed by atoms with Crippen LogP contribution >= 0.6 is 0 Å². The molecule has 0 atom stereocenters. The standard InChI is InChI=1S/C14H18N2O/c1-2-14(17)16-9-6-12(7-10-16)11-13-5-3-4-8-15-13/h2-5,8,12H,1,6-7,9-11H2. The van der Waals surface area contributed by atoms with Gasteiger partial charge in [0.2, 0.25) is 5.91 Å². The van der Waals surface area contributed by atoms with Gasteiger partial charge in [0.1, 0.15) is 0 Å². The summed E-state index contributed by atoms with van der Waals surface area (Å²) in [6, 6.07) is 6.04. The van der Waals surface area contributed by atoms with Gasteiger partial charge in [0.25, 0.3) is 0 Å². The smallest absolute Gasteiger partial charge is 0.245 e. The van der Waals surface area contributed by atoms with Gasteiger partial charge in [-0.2, -0.15) is 0 Å². The third-order valence-corrected chi connectivity index (χ3v) is 3.32. The molecule has 1 amide bonds. The molecule has 1 aromatic rings. The van der Waals surface area contributed by atoms with Crippen molar-refractivity contribution < 1.29 is 4.79 Å². The lowest BCUT2D eigenvalue weighted by Gasteiger charge is -2.31. The number of nitrogens with zero attached hydrogens (tertiary/aromatic N) is 2. The lowest BCUT2D eigenvalue weighted by molar-refractivity contribution is -0.127. The molecule has 0 saturated carbocycles. The van der Waals surface area contributed by atoms with Crippen LogP contribution in [0.2, 0.25) is 0 Å². The Kier molecular flexibility index (Phi) is 3.91. The zero-order valence-electron chi connectivity index (χ0n) is 10.0. The molecule has 2 heterocycles. The van der Waals surface area contributed by atoms with E-state index in [1.807, 2.05) is 23.2 Å². The predicted octanol–water partition coefficient (Wildman–Crippen LogP) is 2.05. The Morgan fingerprint density at radius 2 is 2.24 bits per heavy atom. The van der Waals surface area contributed by atoms with E-state index < -0.39 is 0 Å². The third kappa shape index (κ3) is 3.16. The van der Waals surface area contributed by atoms with E-state index in [0.717, 1.165) is 38.0 Å². The summed E-state index contributed by atoms with van der Waals surface area (Å²) in [5.41, 5.74) is 1.15. The first kappa shape index (κ1) is 11.8. The van der Waals surface area contributed by atoms with E-state index >= 15 is 0 Å². The maximum atomic E-state index is 11.4. The molecule has 1 aliphatic rings. The molecule has 3 nitrogen and oxygen atoms in total. The Balaban J connectivity index is 1.83. The van der Waals surface area contributed by atoms with E-state index in [-0.39, 0.29) is 5.91 Å². The zero-order valence-corrected chi connectivity index (χ0v) is 10.0. The molecule has 0 N–H and O–H groups in total. The van der Waals surface area contributed by atoms with Crippen molar-refractivity contribution in [3.63, 3.8) is 0 Å². The monoisotopic (exact) mass is 230 g/mol. The van der Waals surface area contributed by atoms with Gasteiger partial charge in [-0.15, -0.1) is 0 Å². The maximum absolute atomic E-state index is 11.4. The molecule has 0 radical (unpaired) electrons. The molecule has 3 heteroatoms. The van der Waals surface area contributed by atoms with Crippen LogP contribution in [-0.2, 0) is 11.2 Å². The molecule has 90 valence electrons. The SMILES string of the molecule is C=CC(=O)N1CCC(Cc2ccccn2)CC1. The topological polar surface area (TPSA) is 33.2 Å². The van der Waals surface area contributed by atoms with Crippen molar-refractivity contribution in [1.29, 1.82) is 0 Å². The number of carbonyl (C=O) groups is 1. The molecule has 0 bridgehead atoms.